The standard InChI is InChI=1S/C24H24ClN5O6.C11H9ClN2O3.C10H11N5O4.CH2I2.2H2S.V/c1-13-7-19(32)29(2)21-20(13)26-9-16(25)22(21)34-6-4-3-5-15-11-30(24(33)36-15)18-10-27-23-17(28-18)8-14(31)12-35-23;1-14-9(16)3-2-8-10(14)11(17-5-4-15)7(12)6-13-8;11-1-5-3-15(10(17)19-5)6-2-12-9-8(13-6)14-7(16)4-18-9;2-1-3;;;/h7,9-10,15H,3-6,8,11-12H2,1-2H3;2-4,6H,5H2,1H3;2,5H,1,3-4,11H2,(H,13,14,16);1H2;2*1H2;/t15-;;5-;;;;/m0.0..../s1. The molecule has 2 fully saturated rings. The van der Waals surface area contributed by atoms with E-state index in [-0.39, 0.29) is 136 Å². The predicted molar refractivity (Wildman–Crippen MR) is 310 cm³/mol. The van der Waals surface area contributed by atoms with Crippen LogP contribution in [0.25, 0.3) is 22.1 Å². The number of nitrogens with one attached hydrogen (secondary N) is 1. The van der Waals surface area contributed by atoms with Gasteiger partial charge in [-0.2, -0.15) is 27.0 Å². The molecular formula is C46H50Cl2I2N12O13S2V. The van der Waals surface area contributed by atoms with Crippen molar-refractivity contribution in [2.45, 2.75) is 44.8 Å². The molecule has 3 amide bonds. The number of Topliss-reactive ketones (excluding diaryl/α,β-unsaturated/α-hetero) is 1. The molecule has 78 heavy (non-hydrogen) atoms. The number of amides is 3. The third kappa shape index (κ3) is 15.8. The Morgan fingerprint density at radius 3 is 2.05 bits per heavy atom. The van der Waals surface area contributed by atoms with Gasteiger partial charge in [0.2, 0.25) is 5.88 Å². The summed E-state index contributed by atoms with van der Waals surface area (Å²) in [5.41, 5.74) is 8.55. The molecule has 0 saturated carbocycles. The Balaban J connectivity index is 0.000000264. The predicted octanol–water partition coefficient (Wildman–Crippen LogP) is 5.06. The van der Waals surface area contributed by atoms with Gasteiger partial charge >= 0.3 is 12.2 Å². The quantitative estimate of drug-likeness (QED) is 0.0700. The van der Waals surface area contributed by atoms with E-state index < -0.39 is 12.2 Å². The van der Waals surface area contributed by atoms with Gasteiger partial charge in [0.15, 0.2) is 47.6 Å². The second-order valence-electron chi connectivity index (χ2n) is 16.4. The van der Waals surface area contributed by atoms with Crippen LogP contribution in [0.15, 0.2) is 52.6 Å². The summed E-state index contributed by atoms with van der Waals surface area (Å²) in [4.78, 5) is 109. The molecule has 0 bridgehead atoms. The summed E-state index contributed by atoms with van der Waals surface area (Å²) < 4.78 is 36.1. The maximum Gasteiger partial charge on any atom is 0.416 e. The molecule has 0 aliphatic carbocycles. The summed E-state index contributed by atoms with van der Waals surface area (Å²) in [6.07, 6.45) is 6.88. The van der Waals surface area contributed by atoms with Crippen LogP contribution in [0, 0.1) is 6.92 Å². The zero-order valence-electron chi connectivity index (χ0n) is 41.6. The minimum Gasteiger partial charge on any atom is -0.490 e. The van der Waals surface area contributed by atoms with Crippen LogP contribution < -0.4 is 50.9 Å². The molecule has 10 heterocycles. The first-order valence-corrected chi connectivity index (χ1v) is 26.4. The van der Waals surface area contributed by atoms with E-state index in [2.05, 4.69) is 80.4 Å². The summed E-state index contributed by atoms with van der Waals surface area (Å²) in [5, 5.41) is 3.12. The molecule has 2 atom stereocenters. The molecule has 0 aromatic carbocycles. The number of fused-ring (bicyclic) bond motifs is 4. The van der Waals surface area contributed by atoms with Crippen molar-refractivity contribution in [3.05, 3.63) is 85.0 Å². The molecule has 3 N–H and O–H groups in total. The largest absolute Gasteiger partial charge is 0.490 e. The normalized spacial score (nSPS) is 15.7. The van der Waals surface area contributed by atoms with Crippen LogP contribution in [0.4, 0.5) is 27.0 Å². The zero-order valence-corrected chi connectivity index (χ0v) is 50.8. The number of nitrogens with zero attached hydrogens (tertiary/aromatic N) is 10. The minimum absolute atomic E-state index is 0. The third-order valence-corrected chi connectivity index (χ3v) is 11.8. The van der Waals surface area contributed by atoms with Crippen molar-refractivity contribution in [3.63, 3.8) is 0 Å². The van der Waals surface area contributed by atoms with Gasteiger partial charge in [-0.3, -0.25) is 43.7 Å². The number of carbonyl (C=O) groups is 5. The first-order valence-electron chi connectivity index (χ1n) is 22.6. The van der Waals surface area contributed by atoms with Crippen molar-refractivity contribution in [3.8, 4) is 23.3 Å². The van der Waals surface area contributed by atoms with E-state index in [1.807, 2.05) is 6.92 Å². The van der Waals surface area contributed by atoms with Crippen molar-refractivity contribution in [2.24, 2.45) is 19.8 Å². The van der Waals surface area contributed by atoms with E-state index in [0.29, 0.717) is 94.8 Å². The van der Waals surface area contributed by atoms with E-state index >= 15 is 0 Å². The summed E-state index contributed by atoms with van der Waals surface area (Å²) in [5.74, 6) is 1.68. The molecule has 417 valence electrons. The fourth-order valence-corrected chi connectivity index (χ4v) is 8.08. The Morgan fingerprint density at radius 1 is 0.782 bits per heavy atom. The molecule has 25 nitrogen and oxygen atoms in total. The van der Waals surface area contributed by atoms with Crippen molar-refractivity contribution < 1.29 is 70.9 Å². The van der Waals surface area contributed by atoms with Gasteiger partial charge in [0.25, 0.3) is 22.9 Å². The number of halogens is 4. The Hall–Kier alpha value is -5.29. The SMILES string of the molecule is Cc1cc(=O)n(C)c2c(OCCCC[C@H]3CN(c4cnc5c(n4)CC(=O)CO5)C(=O)O3)c(Cl)cnc12.Cn1c(=O)ccc2ncc(Cl)c(OCC=O)c21.ICI.NC[C@H]1CN(c2cnc3c(n2)NC(=O)CO3)C(=O)O1.S.S.[V]. The van der Waals surface area contributed by atoms with E-state index in [9.17, 15) is 33.6 Å². The van der Waals surface area contributed by atoms with Crippen LogP contribution in [0.3, 0.4) is 0 Å². The number of aromatic nitrogens is 8. The second-order valence-corrected chi connectivity index (χ2v) is 21.6. The van der Waals surface area contributed by atoms with Crippen LogP contribution in [-0.2, 0) is 62.9 Å². The van der Waals surface area contributed by atoms with E-state index in [4.69, 9.17) is 57.4 Å². The number of alkyl halides is 2. The maximum atomic E-state index is 12.4. The second kappa shape index (κ2) is 30.3. The summed E-state index contributed by atoms with van der Waals surface area (Å²) in [6.45, 7) is 2.84. The number of rotatable bonds is 12. The zero-order chi connectivity index (χ0) is 53.9. The molecule has 2 saturated heterocycles. The van der Waals surface area contributed by atoms with E-state index in [0.717, 1.165) is 12.0 Å². The van der Waals surface area contributed by atoms with Crippen LogP contribution in [0.1, 0.15) is 30.5 Å². The van der Waals surface area contributed by atoms with Crippen molar-refractivity contribution in [2.75, 3.05) is 63.6 Å². The molecule has 10 rings (SSSR count). The fraction of sp³-hybridized carbons (Fsp3) is 0.370. The average Bonchev–Trinajstić information content (AvgIpc) is 4.02. The number of ether oxygens (including phenoxy) is 6. The van der Waals surface area contributed by atoms with Crippen LogP contribution in [0.5, 0.6) is 23.3 Å². The topological polar surface area (TPSA) is 307 Å². The number of pyridine rings is 4. The summed E-state index contributed by atoms with van der Waals surface area (Å²) in [7, 11) is 3.25. The number of hydrogen-bond acceptors (Lipinski definition) is 20. The maximum absolute atomic E-state index is 12.4. The Labute approximate surface area is 507 Å². The number of nitrogens with two attached hydrogens (primary N) is 1. The van der Waals surface area contributed by atoms with E-state index in [1.54, 1.807) is 20.2 Å². The van der Waals surface area contributed by atoms with E-state index in [1.165, 1.54) is 58.3 Å². The van der Waals surface area contributed by atoms with Crippen molar-refractivity contribution >= 4 is 165 Å². The number of aryl methyl sites for hydroxylation is 3. The average molecular weight is 1420 g/mol. The molecular weight excluding hydrogens is 1370 g/mol. The number of ketones is 1. The van der Waals surface area contributed by atoms with Gasteiger partial charge in [-0.05, 0) is 37.8 Å². The summed E-state index contributed by atoms with van der Waals surface area (Å²) in [6, 6.07) is 4.52. The van der Waals surface area contributed by atoms with Gasteiger partial charge in [-0.1, -0.05) is 68.4 Å². The van der Waals surface area contributed by atoms with Gasteiger partial charge < -0.3 is 48.6 Å². The molecule has 6 aromatic heterocycles. The third-order valence-electron chi connectivity index (χ3n) is 11.3. The minimum atomic E-state index is -0.534. The number of anilines is 3. The number of unbranched alkanes of at least 4 members (excludes halogenated alkanes) is 1. The molecule has 32 heteroatoms. The Kier molecular flexibility index (Phi) is 25.4. The summed E-state index contributed by atoms with van der Waals surface area (Å²) >= 11 is 16.8. The molecule has 4 aliphatic rings. The van der Waals surface area contributed by atoms with Crippen LogP contribution in [0.2, 0.25) is 10.0 Å². The van der Waals surface area contributed by atoms with Gasteiger partial charge in [-0.15, -0.1) is 0 Å². The van der Waals surface area contributed by atoms with Crippen LogP contribution >= 0.6 is 95.4 Å². The van der Waals surface area contributed by atoms with Crippen molar-refractivity contribution in [1.29, 1.82) is 0 Å². The number of cyclic esters (lactones) is 2. The molecule has 4 aliphatic heterocycles. The fourth-order valence-electron chi connectivity index (χ4n) is 7.69. The smallest absolute Gasteiger partial charge is 0.416 e. The number of aldehydes is 1. The van der Waals surface area contributed by atoms with Gasteiger partial charge in [0, 0.05) is 51.3 Å². The molecule has 0 spiro atoms. The molecule has 1 radical (unpaired) electrons. The first kappa shape index (κ1) is 65.2. The Bertz CT molecular complexity index is 3300. The van der Waals surface area contributed by atoms with Gasteiger partial charge in [0.05, 0.1) is 64.4 Å². The van der Waals surface area contributed by atoms with Crippen molar-refractivity contribution in [1.82, 2.24) is 39.0 Å². The van der Waals surface area contributed by atoms with Crippen LogP contribution in [-0.4, -0.2) is 130 Å². The number of carbonyl (C=O) groups excluding carboxylic acids is 5. The number of hydrogen-bond donors (Lipinski definition) is 2. The van der Waals surface area contributed by atoms with Gasteiger partial charge in [-0.25, -0.2) is 29.5 Å². The molecule has 6 aromatic rings. The molecule has 0 unspecified atom stereocenters. The van der Waals surface area contributed by atoms with Gasteiger partial charge in [0.1, 0.15) is 52.2 Å². The Morgan fingerprint density at radius 2 is 1.38 bits per heavy atom. The first-order chi connectivity index (χ1) is 36.0. The monoisotopic (exact) mass is 1420 g/mol.